The first-order chi connectivity index (χ1) is 13.3. The van der Waals surface area contributed by atoms with E-state index in [9.17, 15) is 5.11 Å². The van der Waals surface area contributed by atoms with Gasteiger partial charge in [-0.2, -0.15) is 12.6 Å². The van der Waals surface area contributed by atoms with Gasteiger partial charge >= 0.3 is 0 Å². The molecule has 0 aliphatic heterocycles. The topological polar surface area (TPSA) is 32.7 Å². The fourth-order valence-corrected chi connectivity index (χ4v) is 2.65. The van der Waals surface area contributed by atoms with Crippen molar-refractivity contribution >= 4 is 12.6 Å². The normalized spacial score (nSPS) is 13.5. The molecule has 1 aromatic rings. The Labute approximate surface area is 175 Å². The highest BCUT2D eigenvalue weighted by atomic mass is 32.1. The van der Waals surface area contributed by atoms with E-state index < -0.39 is 0 Å². The third-order valence-corrected chi connectivity index (χ3v) is 4.70. The van der Waals surface area contributed by atoms with Gasteiger partial charge in [-0.1, -0.05) is 31.2 Å². The highest BCUT2D eigenvalue weighted by Crippen LogP contribution is 2.20. The van der Waals surface area contributed by atoms with Gasteiger partial charge in [0.2, 0.25) is 0 Å². The number of thiol groups is 1. The number of allylic oxidation sites excluding steroid dienone is 6. The number of phenolic OH excluding ortho intramolecular Hbond substituents is 1. The van der Waals surface area contributed by atoms with Crippen LogP contribution in [0.15, 0.2) is 82.6 Å². The molecule has 0 aliphatic rings. The minimum absolute atomic E-state index is 0.232. The van der Waals surface area contributed by atoms with Crippen LogP contribution in [0.4, 0.5) is 0 Å². The first-order valence-corrected chi connectivity index (χ1v) is 10.0. The summed E-state index contributed by atoms with van der Waals surface area (Å²) in [6.45, 7) is 16.0. The van der Waals surface area contributed by atoms with E-state index in [0.717, 1.165) is 23.4 Å². The lowest BCUT2D eigenvalue weighted by Crippen LogP contribution is -2.23. The molecule has 0 fully saturated rings. The van der Waals surface area contributed by atoms with Crippen LogP contribution in [-0.2, 0) is 0 Å². The molecule has 4 heteroatoms. The van der Waals surface area contributed by atoms with Gasteiger partial charge in [0.1, 0.15) is 18.1 Å². The van der Waals surface area contributed by atoms with Gasteiger partial charge in [-0.15, -0.1) is 0 Å². The number of hydrogen-bond acceptors (Lipinski definition) is 4. The lowest BCUT2D eigenvalue weighted by Gasteiger charge is -2.25. The number of rotatable bonds is 10. The summed E-state index contributed by atoms with van der Waals surface area (Å²) in [6.07, 6.45) is 7.25. The van der Waals surface area contributed by atoms with E-state index in [1.165, 1.54) is 16.7 Å². The quantitative estimate of drug-likeness (QED) is 0.342. The highest BCUT2D eigenvalue weighted by Gasteiger charge is 2.09. The molecule has 0 amide bonds. The van der Waals surface area contributed by atoms with Crippen molar-refractivity contribution in [2.24, 2.45) is 0 Å². The van der Waals surface area contributed by atoms with E-state index in [1.54, 1.807) is 29.7 Å². The number of hydrogen-bond donors (Lipinski definition) is 2. The van der Waals surface area contributed by atoms with Crippen LogP contribution in [0.1, 0.15) is 41.0 Å². The van der Waals surface area contributed by atoms with Crippen molar-refractivity contribution in [1.29, 1.82) is 0 Å². The Kier molecular flexibility index (Phi) is 10.3. The predicted molar refractivity (Wildman–Crippen MR) is 124 cm³/mol. The predicted octanol–water partition coefficient (Wildman–Crippen LogP) is 6.63. The third-order valence-electron chi connectivity index (χ3n) is 4.55. The zero-order valence-electron chi connectivity index (χ0n) is 17.7. The van der Waals surface area contributed by atoms with Crippen molar-refractivity contribution in [2.75, 3.05) is 13.2 Å². The maximum absolute atomic E-state index is 9.37. The largest absolute Gasteiger partial charge is 0.508 e. The maximum atomic E-state index is 9.37. The first-order valence-electron chi connectivity index (χ1n) is 9.50. The van der Waals surface area contributed by atoms with Crippen LogP contribution in [0.2, 0.25) is 0 Å². The summed E-state index contributed by atoms with van der Waals surface area (Å²) in [7, 11) is 0. The molecule has 0 unspecified atom stereocenters. The van der Waals surface area contributed by atoms with Crippen LogP contribution in [0.5, 0.6) is 11.5 Å². The van der Waals surface area contributed by atoms with Gasteiger partial charge in [0, 0.05) is 11.9 Å². The van der Waals surface area contributed by atoms with Crippen molar-refractivity contribution in [1.82, 2.24) is 4.90 Å². The summed E-state index contributed by atoms with van der Waals surface area (Å²) < 4.78 is 5.82. The minimum atomic E-state index is 0.232. The van der Waals surface area contributed by atoms with Crippen LogP contribution in [0, 0.1) is 0 Å². The second-order valence-electron chi connectivity index (χ2n) is 6.82. The van der Waals surface area contributed by atoms with Gasteiger partial charge in [-0.3, -0.25) is 0 Å². The second-order valence-corrected chi connectivity index (χ2v) is 7.12. The maximum Gasteiger partial charge on any atom is 0.119 e. The molecular formula is C24H33NO2S. The Hall–Kier alpha value is -2.33. The monoisotopic (exact) mass is 399 g/mol. The summed E-state index contributed by atoms with van der Waals surface area (Å²) in [5, 5.41) is 11.1. The van der Waals surface area contributed by atoms with E-state index in [1.807, 2.05) is 6.08 Å². The molecule has 0 heterocycles. The van der Waals surface area contributed by atoms with Crippen LogP contribution in [-0.4, -0.2) is 23.2 Å². The average molecular weight is 400 g/mol. The molecule has 3 nitrogen and oxygen atoms in total. The SMILES string of the molecule is C=C(/C(C)=C/C(C)=C(C)/C=C\S)N(/C=C(\C)CC)CCOc1ccc(O)cc1. The molecule has 1 N–H and O–H groups in total. The number of nitrogens with zero attached hydrogens (tertiary/aromatic N) is 1. The van der Waals surface area contributed by atoms with Crippen LogP contribution in [0.25, 0.3) is 0 Å². The number of phenols is 1. The van der Waals surface area contributed by atoms with Gasteiger partial charge in [-0.05, 0) is 80.5 Å². The van der Waals surface area contributed by atoms with Crippen molar-refractivity contribution in [2.45, 2.75) is 41.0 Å². The van der Waals surface area contributed by atoms with Gasteiger partial charge < -0.3 is 14.7 Å². The van der Waals surface area contributed by atoms with E-state index in [4.69, 9.17) is 4.74 Å². The second kappa shape index (κ2) is 12.2. The van der Waals surface area contributed by atoms with Crippen LogP contribution in [0.3, 0.4) is 0 Å². The average Bonchev–Trinajstić information content (AvgIpc) is 2.67. The first kappa shape index (κ1) is 23.7. The van der Waals surface area contributed by atoms with Crippen molar-refractivity contribution < 1.29 is 9.84 Å². The fourth-order valence-electron chi connectivity index (χ4n) is 2.43. The Morgan fingerprint density at radius 3 is 2.36 bits per heavy atom. The summed E-state index contributed by atoms with van der Waals surface area (Å²) >= 11 is 4.14. The summed E-state index contributed by atoms with van der Waals surface area (Å²) in [5.41, 5.74) is 5.68. The Morgan fingerprint density at radius 2 is 1.79 bits per heavy atom. The molecule has 0 aliphatic carbocycles. The van der Waals surface area contributed by atoms with Crippen LogP contribution >= 0.6 is 12.6 Å². The van der Waals surface area contributed by atoms with E-state index >= 15 is 0 Å². The lowest BCUT2D eigenvalue weighted by molar-refractivity contribution is 0.277. The van der Waals surface area contributed by atoms with Gasteiger partial charge in [0.15, 0.2) is 0 Å². The zero-order valence-corrected chi connectivity index (χ0v) is 18.6. The van der Waals surface area contributed by atoms with E-state index in [0.29, 0.717) is 13.2 Å². The molecule has 28 heavy (non-hydrogen) atoms. The molecule has 0 bridgehead atoms. The van der Waals surface area contributed by atoms with Gasteiger partial charge in [0.05, 0.1) is 6.54 Å². The Bertz CT molecular complexity index is 770. The highest BCUT2D eigenvalue weighted by molar-refractivity contribution is 7.83. The molecular weight excluding hydrogens is 366 g/mol. The summed E-state index contributed by atoms with van der Waals surface area (Å²) in [5.74, 6) is 0.968. The molecule has 1 rings (SSSR count). The van der Waals surface area contributed by atoms with Gasteiger partial charge in [0.25, 0.3) is 0 Å². The molecule has 0 aromatic heterocycles. The van der Waals surface area contributed by atoms with Crippen molar-refractivity contribution in [3.63, 3.8) is 0 Å². The standard InChI is InChI=1S/C24H33NO2S/c1-7-18(2)17-25(13-14-27-24-10-8-23(26)9-11-24)22(6)21(5)16-20(4)19(3)12-15-28/h8-12,15-17,26,28H,6-7,13-14H2,1-5H3/b15-12-,18-17+,20-19+,21-16+. The molecule has 0 saturated heterocycles. The summed E-state index contributed by atoms with van der Waals surface area (Å²) in [6, 6.07) is 6.77. The number of benzene rings is 1. The smallest absolute Gasteiger partial charge is 0.119 e. The van der Waals surface area contributed by atoms with E-state index in [-0.39, 0.29) is 5.75 Å². The molecule has 0 saturated carbocycles. The number of ether oxygens (including phenoxy) is 1. The lowest BCUT2D eigenvalue weighted by atomic mass is 10.1. The van der Waals surface area contributed by atoms with Crippen molar-refractivity contribution in [3.8, 4) is 11.5 Å². The molecule has 0 spiro atoms. The summed E-state index contributed by atoms with van der Waals surface area (Å²) in [4.78, 5) is 2.14. The Balaban J connectivity index is 2.91. The molecule has 0 atom stereocenters. The third kappa shape index (κ3) is 8.13. The molecule has 1 aromatic carbocycles. The van der Waals surface area contributed by atoms with Gasteiger partial charge in [-0.25, -0.2) is 0 Å². The zero-order chi connectivity index (χ0) is 21.1. The molecule has 152 valence electrons. The van der Waals surface area contributed by atoms with Crippen molar-refractivity contribution in [3.05, 3.63) is 82.6 Å². The van der Waals surface area contributed by atoms with Crippen LogP contribution < -0.4 is 4.74 Å². The number of aromatic hydroxyl groups is 1. The van der Waals surface area contributed by atoms with E-state index in [2.05, 4.69) is 71.0 Å². The molecule has 0 radical (unpaired) electrons. The Morgan fingerprint density at radius 1 is 1.14 bits per heavy atom. The minimum Gasteiger partial charge on any atom is -0.508 e. The fraction of sp³-hybridized carbons (Fsp3) is 0.333.